The quantitative estimate of drug-likeness (QED) is 0.199. The summed E-state index contributed by atoms with van der Waals surface area (Å²) < 4.78 is 50.2. The van der Waals surface area contributed by atoms with E-state index in [1.54, 1.807) is 42.5 Å². The van der Waals surface area contributed by atoms with Crippen molar-refractivity contribution in [2.45, 2.75) is 30.8 Å². The minimum atomic E-state index is -4.27. The number of hydrogen-bond donors (Lipinski definition) is 1. The molecule has 0 aromatic heterocycles. The molecule has 0 saturated carbocycles. The van der Waals surface area contributed by atoms with Crippen molar-refractivity contribution >= 4 is 43.5 Å². The first-order valence-corrected chi connectivity index (χ1v) is 16.2. The summed E-state index contributed by atoms with van der Waals surface area (Å²) in [6.45, 7) is 1.35. The Labute approximate surface area is 265 Å². The molecule has 1 N–H and O–H groups in total. The summed E-state index contributed by atoms with van der Waals surface area (Å²) in [7, 11) is -2.81. The summed E-state index contributed by atoms with van der Waals surface area (Å²) in [6.07, 6.45) is 0.128. The number of halogens is 2. The van der Waals surface area contributed by atoms with Crippen molar-refractivity contribution in [3.8, 4) is 5.75 Å². The van der Waals surface area contributed by atoms with Crippen LogP contribution < -0.4 is 14.4 Å². The van der Waals surface area contributed by atoms with Crippen molar-refractivity contribution in [2.75, 3.05) is 24.5 Å². The number of sulfonamides is 1. The summed E-state index contributed by atoms with van der Waals surface area (Å²) in [6, 6.07) is 26.4. The average molecular weight is 683 g/mol. The van der Waals surface area contributed by atoms with Gasteiger partial charge in [-0.15, -0.1) is 0 Å². The van der Waals surface area contributed by atoms with Crippen LogP contribution in [0.5, 0.6) is 5.75 Å². The first-order valence-electron chi connectivity index (χ1n) is 13.9. The molecule has 0 heterocycles. The van der Waals surface area contributed by atoms with Crippen molar-refractivity contribution in [1.29, 1.82) is 0 Å². The highest BCUT2D eigenvalue weighted by molar-refractivity contribution is 9.10. The number of amides is 2. The second-order valence-corrected chi connectivity index (χ2v) is 12.6. The fraction of sp³-hybridized carbons (Fsp3) is 0.212. The third kappa shape index (κ3) is 8.03. The van der Waals surface area contributed by atoms with Crippen LogP contribution in [0.1, 0.15) is 18.1 Å². The molecule has 0 radical (unpaired) electrons. The molecule has 230 valence electrons. The number of benzene rings is 4. The van der Waals surface area contributed by atoms with Gasteiger partial charge >= 0.3 is 0 Å². The lowest BCUT2D eigenvalue weighted by Gasteiger charge is -2.33. The predicted octanol–water partition coefficient (Wildman–Crippen LogP) is 5.57. The van der Waals surface area contributed by atoms with Crippen LogP contribution in [-0.4, -0.2) is 51.4 Å². The number of hydrogen-bond acceptors (Lipinski definition) is 5. The molecule has 0 spiro atoms. The number of ether oxygens (including phenoxy) is 1. The van der Waals surface area contributed by atoms with Gasteiger partial charge in [0.25, 0.3) is 10.0 Å². The van der Waals surface area contributed by atoms with Gasteiger partial charge in [-0.3, -0.25) is 13.9 Å². The highest BCUT2D eigenvalue weighted by Gasteiger charge is 2.34. The average Bonchev–Trinajstić information content (AvgIpc) is 3.03. The smallest absolute Gasteiger partial charge is 0.264 e. The number of nitrogens with one attached hydrogen (secondary N) is 1. The van der Waals surface area contributed by atoms with Crippen LogP contribution in [0.25, 0.3) is 0 Å². The second-order valence-electron chi connectivity index (χ2n) is 9.83. The van der Waals surface area contributed by atoms with E-state index in [1.165, 1.54) is 42.3 Å². The topological polar surface area (TPSA) is 96.0 Å². The van der Waals surface area contributed by atoms with Crippen molar-refractivity contribution in [1.82, 2.24) is 10.2 Å². The van der Waals surface area contributed by atoms with Crippen LogP contribution in [0.2, 0.25) is 0 Å². The Morgan fingerprint density at radius 3 is 2.16 bits per heavy atom. The molecule has 1 atom stereocenters. The maximum atomic E-state index is 14.9. The number of anilines is 1. The predicted molar refractivity (Wildman–Crippen MR) is 171 cm³/mol. The summed E-state index contributed by atoms with van der Waals surface area (Å²) in [5, 5.41) is 2.61. The molecule has 0 unspecified atom stereocenters. The minimum Gasteiger partial charge on any atom is -0.494 e. The Hall–Kier alpha value is -4.22. The number of likely N-dealkylation sites (N-methyl/N-ethyl adjacent to an activating group) is 1. The van der Waals surface area contributed by atoms with Crippen molar-refractivity contribution < 1.29 is 27.1 Å². The molecular formula is C33H33BrFN3O5S. The highest BCUT2D eigenvalue weighted by Crippen LogP contribution is 2.28. The maximum absolute atomic E-state index is 14.9. The Bertz CT molecular complexity index is 1670. The van der Waals surface area contributed by atoms with Crippen LogP contribution in [0.15, 0.2) is 112 Å². The van der Waals surface area contributed by atoms with E-state index in [2.05, 4.69) is 21.2 Å². The van der Waals surface area contributed by atoms with Gasteiger partial charge in [-0.05, 0) is 67.1 Å². The molecule has 4 aromatic rings. The van der Waals surface area contributed by atoms with Gasteiger partial charge in [0.2, 0.25) is 11.8 Å². The van der Waals surface area contributed by atoms with E-state index < -0.39 is 40.2 Å². The van der Waals surface area contributed by atoms with Crippen LogP contribution in [0.3, 0.4) is 0 Å². The van der Waals surface area contributed by atoms with Gasteiger partial charge in [0, 0.05) is 30.0 Å². The minimum absolute atomic E-state index is 0.0322. The highest BCUT2D eigenvalue weighted by atomic mass is 79.9. The summed E-state index contributed by atoms with van der Waals surface area (Å²) >= 11 is 3.33. The summed E-state index contributed by atoms with van der Waals surface area (Å²) in [5.41, 5.74) is 1.18. The van der Waals surface area contributed by atoms with Gasteiger partial charge in [0.1, 0.15) is 24.2 Å². The third-order valence-corrected chi connectivity index (χ3v) is 9.25. The van der Waals surface area contributed by atoms with Crippen LogP contribution in [-0.2, 0) is 32.6 Å². The van der Waals surface area contributed by atoms with Gasteiger partial charge in [0.15, 0.2) is 0 Å². The second kappa shape index (κ2) is 15.0. The Morgan fingerprint density at radius 1 is 0.909 bits per heavy atom. The summed E-state index contributed by atoms with van der Waals surface area (Å²) in [4.78, 5) is 28.8. The fourth-order valence-electron chi connectivity index (χ4n) is 4.67. The lowest BCUT2D eigenvalue weighted by molar-refractivity contribution is -0.139. The van der Waals surface area contributed by atoms with E-state index in [-0.39, 0.29) is 29.1 Å². The van der Waals surface area contributed by atoms with Gasteiger partial charge in [-0.25, -0.2) is 12.8 Å². The molecule has 0 fully saturated rings. The Balaban J connectivity index is 1.79. The third-order valence-electron chi connectivity index (χ3n) is 6.93. The zero-order valence-corrected chi connectivity index (χ0v) is 26.7. The fourth-order valence-corrected chi connectivity index (χ4v) is 6.35. The molecule has 0 aliphatic rings. The van der Waals surface area contributed by atoms with Crippen molar-refractivity contribution in [3.05, 3.63) is 125 Å². The van der Waals surface area contributed by atoms with Gasteiger partial charge in [-0.2, -0.15) is 0 Å². The van der Waals surface area contributed by atoms with Crippen molar-refractivity contribution in [3.63, 3.8) is 0 Å². The number of nitrogens with zero attached hydrogens (tertiary/aromatic N) is 2. The Kier molecular flexibility index (Phi) is 11.1. The molecular weight excluding hydrogens is 649 g/mol. The zero-order valence-electron chi connectivity index (χ0n) is 24.3. The number of carbonyl (C=O) groups excluding carboxylic acids is 2. The Morgan fingerprint density at radius 2 is 1.55 bits per heavy atom. The van der Waals surface area contributed by atoms with E-state index in [1.807, 2.05) is 37.3 Å². The molecule has 8 nitrogen and oxygen atoms in total. The molecule has 44 heavy (non-hydrogen) atoms. The van der Waals surface area contributed by atoms with Gasteiger partial charge < -0.3 is 15.0 Å². The molecule has 0 aliphatic heterocycles. The zero-order chi connectivity index (χ0) is 31.7. The largest absolute Gasteiger partial charge is 0.494 e. The monoisotopic (exact) mass is 681 g/mol. The lowest BCUT2D eigenvalue weighted by Crippen LogP contribution is -2.53. The first kappa shape index (κ1) is 32.7. The van der Waals surface area contributed by atoms with E-state index in [0.717, 1.165) is 9.87 Å². The molecule has 11 heteroatoms. The molecule has 4 aromatic carbocycles. The van der Waals surface area contributed by atoms with Crippen LogP contribution >= 0.6 is 15.9 Å². The standard InChI is InChI=1S/C33H33BrFN3O5S/c1-3-43-28-17-15-27(16-18-28)38(44(41,42)29-19-13-26(34)14-20-29)23-32(39)37(22-25-11-7-8-12-30(25)35)31(33(40)36-2)21-24-9-5-4-6-10-24/h4-20,31H,3,21-23H2,1-2H3,(H,36,40)/t31-/m1/s1. The molecule has 0 saturated heterocycles. The lowest BCUT2D eigenvalue weighted by atomic mass is 10.0. The molecule has 2 amide bonds. The number of rotatable bonds is 13. The molecule has 0 bridgehead atoms. The SMILES string of the molecule is CCOc1ccc(N(CC(=O)N(Cc2ccccc2F)[C@H](Cc2ccccc2)C(=O)NC)S(=O)(=O)c2ccc(Br)cc2)cc1. The van der Waals surface area contributed by atoms with E-state index >= 15 is 0 Å². The number of carbonyl (C=O) groups is 2. The van der Waals surface area contributed by atoms with E-state index in [4.69, 9.17) is 4.74 Å². The van der Waals surface area contributed by atoms with Gasteiger partial charge in [0.05, 0.1) is 17.2 Å². The summed E-state index contributed by atoms with van der Waals surface area (Å²) in [5.74, 6) is -1.17. The van der Waals surface area contributed by atoms with E-state index in [9.17, 15) is 22.4 Å². The van der Waals surface area contributed by atoms with Gasteiger partial charge in [-0.1, -0.05) is 64.5 Å². The first-order chi connectivity index (χ1) is 21.1. The normalized spacial score (nSPS) is 11.8. The molecule has 0 aliphatic carbocycles. The van der Waals surface area contributed by atoms with Crippen LogP contribution in [0, 0.1) is 5.82 Å². The van der Waals surface area contributed by atoms with E-state index in [0.29, 0.717) is 16.8 Å². The maximum Gasteiger partial charge on any atom is 0.264 e. The molecule has 4 rings (SSSR count). The van der Waals surface area contributed by atoms with Crippen LogP contribution in [0.4, 0.5) is 10.1 Å². The van der Waals surface area contributed by atoms with Crippen molar-refractivity contribution in [2.24, 2.45) is 0 Å².